The number of nitrogens with one attached hydrogen (secondary N) is 4. The molecule has 4 rings (SSSR count). The summed E-state index contributed by atoms with van der Waals surface area (Å²) in [6, 6.07) is 17.2. The van der Waals surface area contributed by atoms with E-state index in [9.17, 15) is 17.7 Å². The fraction of sp³-hybridized carbons (Fsp3) is 0.154. The second-order valence-electron chi connectivity index (χ2n) is 8.91. The van der Waals surface area contributed by atoms with Crippen molar-refractivity contribution in [2.75, 3.05) is 28.2 Å². The average Bonchev–Trinajstić information content (AvgIpc) is 2.90. The number of benzene rings is 3. The Morgan fingerprint density at radius 3 is 2.25 bits per heavy atom. The summed E-state index contributed by atoms with van der Waals surface area (Å²) in [6.45, 7) is 1.66. The molecule has 0 aliphatic heterocycles. The van der Waals surface area contributed by atoms with Gasteiger partial charge in [-0.3, -0.25) is 4.72 Å². The molecule has 0 aliphatic carbocycles. The monoisotopic (exact) mass is 620 g/mol. The fourth-order valence-corrected chi connectivity index (χ4v) is 6.07. The third-order valence-electron chi connectivity index (χ3n) is 5.66. The number of halogens is 2. The molecule has 0 spiro atoms. The Bertz CT molecular complexity index is 1730. The van der Waals surface area contributed by atoms with Gasteiger partial charge in [0.05, 0.1) is 26.4 Å². The molecule has 5 N–H and O–H groups in total. The minimum absolute atomic E-state index is 0.0647. The van der Waals surface area contributed by atoms with Crippen molar-refractivity contribution in [3.63, 3.8) is 0 Å². The van der Waals surface area contributed by atoms with Crippen LogP contribution in [0.25, 0.3) is 11.1 Å². The molecule has 4 aromatic rings. The summed E-state index contributed by atoms with van der Waals surface area (Å²) in [5.74, 6) is 0.715. The maximum absolute atomic E-state index is 12.9. The van der Waals surface area contributed by atoms with E-state index in [-0.39, 0.29) is 33.5 Å². The standard InChI is InChI=1S/C26H26Cl2N6O4S2/c1-16(15-35)31-25-21(14-30-26(33-25)32-18-10-12-20(13-11-18)39(2,29)36)17-6-8-19(9-7-17)34-40(37,38)23-5-3-4-22(27)24(23)28/h3-14,16,29,34-35H,15H2,1-2H3,(H2,30,31,32,33)/t16-,39+/m1/s1. The van der Waals surface area contributed by atoms with Crippen LogP contribution in [-0.2, 0) is 19.8 Å². The van der Waals surface area contributed by atoms with Crippen molar-refractivity contribution in [1.29, 1.82) is 4.78 Å². The van der Waals surface area contributed by atoms with Gasteiger partial charge >= 0.3 is 0 Å². The second-order valence-corrected chi connectivity index (χ2v) is 13.5. The molecule has 2 atom stereocenters. The summed E-state index contributed by atoms with van der Waals surface area (Å²) in [5, 5.41) is 15.9. The number of sulfonamides is 1. The third kappa shape index (κ3) is 7.01. The molecule has 0 unspecified atom stereocenters. The Labute approximate surface area is 242 Å². The maximum Gasteiger partial charge on any atom is 0.263 e. The van der Waals surface area contributed by atoms with Gasteiger partial charge in [-0.25, -0.2) is 22.4 Å². The highest BCUT2D eigenvalue weighted by atomic mass is 35.5. The van der Waals surface area contributed by atoms with Gasteiger partial charge < -0.3 is 15.7 Å². The third-order valence-corrected chi connectivity index (χ3v) is 9.19. The molecule has 0 saturated carbocycles. The smallest absolute Gasteiger partial charge is 0.263 e. The van der Waals surface area contributed by atoms with E-state index in [1.165, 1.54) is 24.5 Å². The van der Waals surface area contributed by atoms with Gasteiger partial charge in [-0.1, -0.05) is 41.4 Å². The van der Waals surface area contributed by atoms with E-state index in [0.29, 0.717) is 33.2 Å². The number of nitrogens with zero attached hydrogens (tertiary/aromatic N) is 2. The molecule has 0 radical (unpaired) electrons. The van der Waals surface area contributed by atoms with Gasteiger partial charge in [0.2, 0.25) is 5.95 Å². The predicted molar refractivity (Wildman–Crippen MR) is 160 cm³/mol. The molecule has 0 amide bonds. The molecule has 1 heterocycles. The van der Waals surface area contributed by atoms with E-state index in [4.69, 9.17) is 28.0 Å². The van der Waals surface area contributed by atoms with Crippen LogP contribution in [0.5, 0.6) is 0 Å². The van der Waals surface area contributed by atoms with E-state index < -0.39 is 19.8 Å². The van der Waals surface area contributed by atoms with Crippen LogP contribution < -0.4 is 15.4 Å². The van der Waals surface area contributed by atoms with Crippen molar-refractivity contribution in [3.05, 3.63) is 83.0 Å². The molecule has 0 saturated heterocycles. The van der Waals surface area contributed by atoms with Gasteiger partial charge in [-0.2, -0.15) is 4.98 Å². The predicted octanol–water partition coefficient (Wildman–Crippen LogP) is 5.82. The largest absolute Gasteiger partial charge is 0.394 e. The summed E-state index contributed by atoms with van der Waals surface area (Å²) in [7, 11) is -6.81. The Morgan fingerprint density at radius 2 is 1.62 bits per heavy atom. The first kappa shape index (κ1) is 29.6. The summed E-state index contributed by atoms with van der Waals surface area (Å²) < 4.78 is 47.8. The van der Waals surface area contributed by atoms with Crippen molar-refractivity contribution >= 4 is 66.1 Å². The van der Waals surface area contributed by atoms with Crippen molar-refractivity contribution in [2.45, 2.75) is 22.8 Å². The van der Waals surface area contributed by atoms with Crippen LogP contribution in [0.15, 0.2) is 82.7 Å². The normalized spacial score (nSPS) is 13.7. The Kier molecular flexibility index (Phi) is 8.86. The van der Waals surface area contributed by atoms with Crippen LogP contribution in [0.4, 0.5) is 23.1 Å². The van der Waals surface area contributed by atoms with E-state index in [1.807, 2.05) is 0 Å². The highest BCUT2D eigenvalue weighted by Crippen LogP contribution is 2.32. The summed E-state index contributed by atoms with van der Waals surface area (Å²) >= 11 is 12.1. The van der Waals surface area contributed by atoms with Gasteiger partial charge in [0.15, 0.2) is 0 Å². The van der Waals surface area contributed by atoms with Gasteiger partial charge in [0.25, 0.3) is 10.0 Å². The van der Waals surface area contributed by atoms with Crippen molar-refractivity contribution in [2.24, 2.45) is 0 Å². The molecular formula is C26H26Cl2N6O4S2. The van der Waals surface area contributed by atoms with Crippen LogP contribution in [-0.4, -0.2) is 46.6 Å². The van der Waals surface area contributed by atoms with Crippen LogP contribution in [0.3, 0.4) is 0 Å². The highest BCUT2D eigenvalue weighted by Gasteiger charge is 2.20. The van der Waals surface area contributed by atoms with Gasteiger partial charge in [-0.05, 0) is 61.0 Å². The van der Waals surface area contributed by atoms with Crippen LogP contribution >= 0.6 is 23.2 Å². The lowest BCUT2D eigenvalue weighted by Gasteiger charge is -2.17. The second kappa shape index (κ2) is 12.0. The number of hydrogen-bond donors (Lipinski definition) is 5. The van der Waals surface area contributed by atoms with E-state index >= 15 is 0 Å². The molecule has 14 heteroatoms. The lowest BCUT2D eigenvalue weighted by molar-refractivity contribution is 0.281. The average molecular weight is 622 g/mol. The number of aliphatic hydroxyl groups is 1. The van der Waals surface area contributed by atoms with Crippen molar-refractivity contribution in [1.82, 2.24) is 9.97 Å². The fourth-order valence-electron chi connectivity index (χ4n) is 3.59. The number of rotatable bonds is 10. The van der Waals surface area contributed by atoms with E-state index in [1.54, 1.807) is 61.7 Å². The SMILES string of the molecule is C[C@H](CO)Nc1nc(Nc2ccc([S@@](C)(=N)=O)cc2)ncc1-c1ccc(NS(=O)(=O)c2cccc(Cl)c2Cl)cc1. The lowest BCUT2D eigenvalue weighted by Crippen LogP contribution is -2.21. The zero-order valence-corrected chi connectivity index (χ0v) is 24.5. The molecule has 3 aromatic carbocycles. The number of aromatic nitrogens is 2. The summed E-state index contributed by atoms with van der Waals surface area (Å²) in [5.41, 5.74) is 2.26. The van der Waals surface area contributed by atoms with Gasteiger partial charge in [0.1, 0.15) is 10.7 Å². The molecule has 1 aromatic heterocycles. The molecule has 0 bridgehead atoms. The molecule has 40 heavy (non-hydrogen) atoms. The number of anilines is 4. The van der Waals surface area contributed by atoms with E-state index in [0.717, 1.165) is 0 Å². The summed E-state index contributed by atoms with van der Waals surface area (Å²) in [4.78, 5) is 9.24. The topological polar surface area (TPSA) is 157 Å². The van der Waals surface area contributed by atoms with Crippen LogP contribution in [0.1, 0.15) is 6.92 Å². The molecular weight excluding hydrogens is 595 g/mol. The molecule has 210 valence electrons. The molecule has 10 nitrogen and oxygen atoms in total. The van der Waals surface area contributed by atoms with Crippen molar-refractivity contribution in [3.8, 4) is 11.1 Å². The lowest BCUT2D eigenvalue weighted by atomic mass is 10.1. The minimum Gasteiger partial charge on any atom is -0.394 e. The first-order valence-electron chi connectivity index (χ1n) is 11.8. The molecule has 0 aliphatic rings. The Morgan fingerprint density at radius 1 is 0.975 bits per heavy atom. The summed E-state index contributed by atoms with van der Waals surface area (Å²) in [6.07, 6.45) is 2.96. The number of hydrogen-bond acceptors (Lipinski definition) is 9. The Hall–Kier alpha value is -3.42. The van der Waals surface area contributed by atoms with Crippen LogP contribution in [0, 0.1) is 4.78 Å². The zero-order chi connectivity index (χ0) is 29.1. The first-order chi connectivity index (χ1) is 18.9. The highest BCUT2D eigenvalue weighted by molar-refractivity contribution is 7.93. The first-order valence-corrected chi connectivity index (χ1v) is 16.0. The van der Waals surface area contributed by atoms with Crippen LogP contribution in [0.2, 0.25) is 10.0 Å². The quantitative estimate of drug-likeness (QED) is 0.148. The van der Waals surface area contributed by atoms with E-state index in [2.05, 4.69) is 25.3 Å². The number of aliphatic hydroxyl groups excluding tert-OH is 1. The van der Waals surface area contributed by atoms with Crippen molar-refractivity contribution < 1.29 is 17.7 Å². The minimum atomic E-state index is -3.98. The van der Waals surface area contributed by atoms with Gasteiger partial charge in [-0.15, -0.1) is 0 Å². The van der Waals surface area contributed by atoms with Gasteiger partial charge in [0, 0.05) is 40.3 Å². The Balaban J connectivity index is 1.59. The molecule has 0 fully saturated rings. The maximum atomic E-state index is 12.9. The zero-order valence-electron chi connectivity index (χ0n) is 21.4.